The molecule has 1 N–H and O–H groups in total. The van der Waals surface area contributed by atoms with Crippen molar-refractivity contribution < 1.29 is 9.59 Å². The van der Waals surface area contributed by atoms with Crippen molar-refractivity contribution in [3.63, 3.8) is 0 Å². The molecule has 2 amide bonds. The van der Waals surface area contributed by atoms with Crippen LogP contribution in [0.1, 0.15) is 38.2 Å². The van der Waals surface area contributed by atoms with Gasteiger partial charge in [-0.1, -0.05) is 23.8 Å². The van der Waals surface area contributed by atoms with E-state index in [0.29, 0.717) is 5.56 Å². The highest BCUT2D eigenvalue weighted by Gasteiger charge is 2.16. The van der Waals surface area contributed by atoms with Gasteiger partial charge in [-0.3, -0.25) is 9.59 Å². The molecule has 0 atom stereocenters. The minimum Gasteiger partial charge on any atom is -0.332 e. The summed E-state index contributed by atoms with van der Waals surface area (Å²) >= 11 is 0. The van der Waals surface area contributed by atoms with Crippen molar-refractivity contribution in [2.45, 2.75) is 34.6 Å². The number of carbonyl (C=O) groups excluding carboxylic acids is 2. The van der Waals surface area contributed by atoms with Gasteiger partial charge in [0.2, 0.25) is 5.91 Å². The van der Waals surface area contributed by atoms with Crippen molar-refractivity contribution in [2.75, 3.05) is 18.9 Å². The number of nitrogens with zero attached hydrogens (tertiary/aromatic N) is 1. The first kappa shape index (κ1) is 18.7. The Balaban J connectivity index is 2.07. The van der Waals surface area contributed by atoms with Crippen molar-refractivity contribution in [3.8, 4) is 0 Å². The van der Waals surface area contributed by atoms with E-state index in [0.717, 1.165) is 33.5 Å². The molecule has 0 bridgehead atoms. The highest BCUT2D eigenvalue weighted by Crippen LogP contribution is 2.22. The molecule has 0 fully saturated rings. The summed E-state index contributed by atoms with van der Waals surface area (Å²) < 4.78 is 0. The van der Waals surface area contributed by atoms with Gasteiger partial charge in [-0.05, 0) is 69.0 Å². The van der Waals surface area contributed by atoms with Crippen molar-refractivity contribution in [1.29, 1.82) is 0 Å². The molecule has 0 unspecified atom stereocenters. The van der Waals surface area contributed by atoms with Crippen molar-refractivity contribution >= 4 is 17.5 Å². The minimum absolute atomic E-state index is 0.0124. The van der Waals surface area contributed by atoms with Crippen LogP contribution >= 0.6 is 0 Å². The van der Waals surface area contributed by atoms with E-state index in [1.165, 1.54) is 4.90 Å². The summed E-state index contributed by atoms with van der Waals surface area (Å²) in [6.07, 6.45) is 0. The second-order valence-electron chi connectivity index (χ2n) is 6.78. The van der Waals surface area contributed by atoms with Gasteiger partial charge in [-0.15, -0.1) is 0 Å². The lowest BCUT2D eigenvalue weighted by atomic mass is 10.0. The van der Waals surface area contributed by atoms with Crippen LogP contribution in [0.3, 0.4) is 0 Å². The topological polar surface area (TPSA) is 49.4 Å². The molecule has 0 aliphatic rings. The highest BCUT2D eigenvalue weighted by atomic mass is 16.2. The fourth-order valence-electron chi connectivity index (χ4n) is 2.94. The average Bonchev–Trinajstić information content (AvgIpc) is 2.52. The number of hydrogen-bond acceptors (Lipinski definition) is 2. The van der Waals surface area contributed by atoms with E-state index in [1.54, 1.807) is 13.1 Å². The maximum Gasteiger partial charge on any atom is 0.254 e. The Labute approximate surface area is 149 Å². The maximum absolute atomic E-state index is 12.5. The lowest BCUT2D eigenvalue weighted by Crippen LogP contribution is -2.35. The summed E-state index contributed by atoms with van der Waals surface area (Å²) in [5, 5.41) is 2.93. The maximum atomic E-state index is 12.5. The molecule has 0 aromatic heterocycles. The molecule has 0 radical (unpaired) electrons. The van der Waals surface area contributed by atoms with Crippen LogP contribution in [0, 0.1) is 34.6 Å². The highest BCUT2D eigenvalue weighted by molar-refractivity contribution is 5.99. The summed E-state index contributed by atoms with van der Waals surface area (Å²) in [7, 11) is 1.64. The van der Waals surface area contributed by atoms with Crippen molar-refractivity contribution in [1.82, 2.24) is 4.90 Å². The standard InChI is InChI=1S/C21H26N2O2/c1-13-9-16(4)20(17(5)10-13)22-19(24)12-23(6)21(25)18-8-7-14(2)15(3)11-18/h7-11H,12H2,1-6H3,(H,22,24). The Kier molecular flexibility index (Phi) is 5.62. The van der Waals surface area contributed by atoms with E-state index >= 15 is 0 Å². The summed E-state index contributed by atoms with van der Waals surface area (Å²) in [5.41, 5.74) is 6.83. The Morgan fingerprint density at radius 1 is 0.880 bits per heavy atom. The normalized spacial score (nSPS) is 10.5. The van der Waals surface area contributed by atoms with Crippen LogP contribution in [0.4, 0.5) is 5.69 Å². The van der Waals surface area contributed by atoms with Crippen LogP contribution in [0.15, 0.2) is 30.3 Å². The Hall–Kier alpha value is -2.62. The molecule has 0 aliphatic heterocycles. The largest absolute Gasteiger partial charge is 0.332 e. The predicted octanol–water partition coefficient (Wildman–Crippen LogP) is 3.94. The quantitative estimate of drug-likeness (QED) is 0.918. The zero-order valence-electron chi connectivity index (χ0n) is 15.9. The van der Waals surface area contributed by atoms with Crippen LogP contribution in [0.25, 0.3) is 0 Å². The number of nitrogens with one attached hydrogen (secondary N) is 1. The van der Waals surface area contributed by atoms with Crippen LogP contribution in [-0.2, 0) is 4.79 Å². The van der Waals surface area contributed by atoms with E-state index < -0.39 is 0 Å². The number of likely N-dealkylation sites (N-methyl/N-ethyl adjacent to an activating group) is 1. The van der Waals surface area contributed by atoms with E-state index in [-0.39, 0.29) is 18.4 Å². The van der Waals surface area contributed by atoms with Crippen LogP contribution in [-0.4, -0.2) is 30.3 Å². The average molecular weight is 338 g/mol. The molecule has 4 nitrogen and oxygen atoms in total. The van der Waals surface area contributed by atoms with Gasteiger partial charge >= 0.3 is 0 Å². The number of rotatable bonds is 4. The van der Waals surface area contributed by atoms with Crippen LogP contribution in [0.2, 0.25) is 0 Å². The minimum atomic E-state index is -0.199. The molecular formula is C21H26N2O2. The van der Waals surface area contributed by atoms with Gasteiger partial charge in [0.15, 0.2) is 0 Å². The lowest BCUT2D eigenvalue weighted by molar-refractivity contribution is -0.116. The summed E-state index contributed by atoms with van der Waals surface area (Å²) in [4.78, 5) is 26.3. The third-order valence-electron chi connectivity index (χ3n) is 4.42. The van der Waals surface area contributed by atoms with Gasteiger partial charge in [0.1, 0.15) is 0 Å². The zero-order chi connectivity index (χ0) is 18.7. The number of carbonyl (C=O) groups is 2. The molecule has 0 heterocycles. The monoisotopic (exact) mass is 338 g/mol. The lowest BCUT2D eigenvalue weighted by Gasteiger charge is -2.19. The Morgan fingerprint density at radius 3 is 2.04 bits per heavy atom. The van der Waals surface area contributed by atoms with Crippen molar-refractivity contribution in [3.05, 3.63) is 63.7 Å². The van der Waals surface area contributed by atoms with Gasteiger partial charge in [-0.2, -0.15) is 0 Å². The van der Waals surface area contributed by atoms with Crippen LogP contribution in [0.5, 0.6) is 0 Å². The number of amides is 2. The van der Waals surface area contributed by atoms with E-state index in [1.807, 2.05) is 58.9 Å². The van der Waals surface area contributed by atoms with Gasteiger partial charge in [0.05, 0.1) is 6.54 Å². The molecule has 0 spiro atoms. The zero-order valence-corrected chi connectivity index (χ0v) is 15.9. The molecule has 0 saturated heterocycles. The molecule has 2 rings (SSSR count). The summed E-state index contributed by atoms with van der Waals surface area (Å²) in [5.74, 6) is -0.356. The number of aryl methyl sites for hydroxylation is 5. The molecule has 0 aliphatic carbocycles. The molecule has 0 saturated carbocycles. The fourth-order valence-corrected chi connectivity index (χ4v) is 2.94. The third-order valence-corrected chi connectivity index (χ3v) is 4.42. The van der Waals surface area contributed by atoms with E-state index in [2.05, 4.69) is 5.32 Å². The smallest absolute Gasteiger partial charge is 0.254 e. The summed E-state index contributed by atoms with van der Waals surface area (Å²) in [6, 6.07) is 9.66. The molecule has 25 heavy (non-hydrogen) atoms. The fraction of sp³-hybridized carbons (Fsp3) is 0.333. The SMILES string of the molecule is Cc1cc(C)c(NC(=O)CN(C)C(=O)c2ccc(C)c(C)c2)c(C)c1. The Bertz CT molecular complexity index is 802. The van der Waals surface area contributed by atoms with Gasteiger partial charge in [0, 0.05) is 18.3 Å². The van der Waals surface area contributed by atoms with Gasteiger partial charge in [0.25, 0.3) is 5.91 Å². The Morgan fingerprint density at radius 2 is 1.48 bits per heavy atom. The second kappa shape index (κ2) is 7.51. The molecular weight excluding hydrogens is 312 g/mol. The van der Waals surface area contributed by atoms with E-state index in [4.69, 9.17) is 0 Å². The van der Waals surface area contributed by atoms with Crippen molar-refractivity contribution in [2.24, 2.45) is 0 Å². The predicted molar refractivity (Wildman–Crippen MR) is 102 cm³/mol. The summed E-state index contributed by atoms with van der Waals surface area (Å²) in [6.45, 7) is 9.97. The third kappa shape index (κ3) is 4.47. The first-order chi connectivity index (χ1) is 11.7. The molecule has 132 valence electrons. The molecule has 2 aromatic carbocycles. The van der Waals surface area contributed by atoms with E-state index in [9.17, 15) is 9.59 Å². The number of benzene rings is 2. The second-order valence-corrected chi connectivity index (χ2v) is 6.78. The number of anilines is 1. The first-order valence-electron chi connectivity index (χ1n) is 8.39. The molecule has 4 heteroatoms. The molecule has 2 aromatic rings. The van der Waals surface area contributed by atoms with Crippen LogP contribution < -0.4 is 5.32 Å². The van der Waals surface area contributed by atoms with Gasteiger partial charge < -0.3 is 10.2 Å². The first-order valence-corrected chi connectivity index (χ1v) is 8.39. The van der Waals surface area contributed by atoms with Gasteiger partial charge in [-0.25, -0.2) is 0 Å². The number of hydrogen-bond donors (Lipinski definition) is 1.